The summed E-state index contributed by atoms with van der Waals surface area (Å²) < 4.78 is 1.85. The van der Waals surface area contributed by atoms with Gasteiger partial charge in [0.2, 0.25) is 6.21 Å². The Bertz CT molecular complexity index is 540. The average molecular weight is 307 g/mol. The lowest BCUT2D eigenvalue weighted by Crippen LogP contribution is -2.48. The Labute approximate surface area is 129 Å². The summed E-state index contributed by atoms with van der Waals surface area (Å²) in [6, 6.07) is 9.75. The Morgan fingerprint density at radius 2 is 2.10 bits per heavy atom. The van der Waals surface area contributed by atoms with Crippen LogP contribution in [0.5, 0.6) is 0 Å². The largest absolute Gasteiger partial charge is 0.292 e. The third-order valence-corrected chi connectivity index (χ3v) is 4.79. The molecule has 1 aromatic rings. The van der Waals surface area contributed by atoms with Crippen molar-refractivity contribution in [1.29, 1.82) is 0 Å². The molecule has 0 aliphatic carbocycles. The molecule has 1 aliphatic rings. The Morgan fingerprint density at radius 1 is 1.45 bits per heavy atom. The normalized spacial score (nSPS) is 22.1. The van der Waals surface area contributed by atoms with Gasteiger partial charge in [-0.1, -0.05) is 48.3 Å². The number of hydroxylamine groups is 1. The lowest BCUT2D eigenvalue weighted by atomic mass is 10.1. The quantitative estimate of drug-likeness (QED) is 0.231. The van der Waals surface area contributed by atoms with Gasteiger partial charge < -0.3 is 0 Å². The van der Waals surface area contributed by atoms with Gasteiger partial charge in [0.1, 0.15) is 9.07 Å². The molecule has 1 atom stereocenters. The van der Waals surface area contributed by atoms with Gasteiger partial charge in [-0.3, -0.25) is 10.1 Å². The van der Waals surface area contributed by atoms with Crippen molar-refractivity contribution in [3.05, 3.63) is 48.6 Å². The van der Waals surface area contributed by atoms with Gasteiger partial charge in [0.25, 0.3) is 6.17 Å². The minimum atomic E-state index is -0.210. The molecule has 1 aromatic carbocycles. The molecule has 0 bridgehead atoms. The minimum absolute atomic E-state index is 0.194. The molecule has 1 N–H and O–H groups in total. The zero-order chi connectivity index (χ0) is 14.8. The van der Waals surface area contributed by atoms with Gasteiger partial charge in [0.05, 0.1) is 0 Å². The van der Waals surface area contributed by atoms with Crippen molar-refractivity contribution < 1.29 is 9.95 Å². The summed E-state index contributed by atoms with van der Waals surface area (Å²) in [4.78, 5) is 1.99. The number of thioether (sulfide) groups is 1. The summed E-state index contributed by atoms with van der Waals surface area (Å²) in [7, 11) is 0. The molecule has 1 heterocycles. The Kier molecular flexibility index (Phi) is 4.50. The van der Waals surface area contributed by atoms with E-state index in [2.05, 4.69) is 20.4 Å². The number of benzene rings is 1. The first-order valence-electron chi connectivity index (χ1n) is 6.43. The van der Waals surface area contributed by atoms with Crippen molar-refractivity contribution in [3.63, 3.8) is 0 Å². The van der Waals surface area contributed by atoms with E-state index >= 15 is 0 Å². The summed E-state index contributed by atoms with van der Waals surface area (Å²) in [6.07, 6.45) is 3.33. The molecule has 5 heteroatoms. The van der Waals surface area contributed by atoms with Crippen LogP contribution in [0.15, 0.2) is 43.0 Å². The molecule has 106 valence electrons. The standard InChI is InChI=1S/C15H19N2OS2/c1-4-10-16-13(15(2,3)20-14(16)19)17(18)11-12-8-6-5-7-9-12/h4-9,11,13,18H,1,10H2,2-3H3/q+1. The fourth-order valence-electron chi connectivity index (χ4n) is 2.35. The van der Waals surface area contributed by atoms with E-state index in [1.54, 1.807) is 24.1 Å². The van der Waals surface area contributed by atoms with Crippen LogP contribution < -0.4 is 0 Å². The van der Waals surface area contributed by atoms with Gasteiger partial charge in [0, 0.05) is 12.1 Å². The van der Waals surface area contributed by atoms with E-state index in [4.69, 9.17) is 12.2 Å². The van der Waals surface area contributed by atoms with Gasteiger partial charge in [-0.25, -0.2) is 0 Å². The average Bonchev–Trinajstić information content (AvgIpc) is 2.60. The summed E-state index contributed by atoms with van der Waals surface area (Å²) in [5.41, 5.74) is 0.951. The summed E-state index contributed by atoms with van der Waals surface area (Å²) in [5, 5.41) is 10.5. The second kappa shape index (κ2) is 5.97. The number of rotatable bonds is 4. The fraction of sp³-hybridized carbons (Fsp3) is 0.333. The van der Waals surface area contributed by atoms with Gasteiger partial charge in [-0.2, -0.15) is 0 Å². The van der Waals surface area contributed by atoms with E-state index in [0.29, 0.717) is 6.54 Å². The second-order valence-electron chi connectivity index (χ2n) is 5.21. The maximum atomic E-state index is 10.5. The molecular weight excluding hydrogens is 288 g/mol. The molecule has 1 fully saturated rings. The highest BCUT2D eigenvalue weighted by Gasteiger charge is 2.52. The molecule has 0 aromatic heterocycles. The molecule has 0 amide bonds. The first kappa shape index (κ1) is 15.1. The van der Waals surface area contributed by atoms with Crippen LogP contribution in [-0.4, -0.2) is 42.8 Å². The molecule has 20 heavy (non-hydrogen) atoms. The zero-order valence-corrected chi connectivity index (χ0v) is 13.3. The van der Waals surface area contributed by atoms with Crippen molar-refractivity contribution in [3.8, 4) is 0 Å². The van der Waals surface area contributed by atoms with Crippen molar-refractivity contribution >= 4 is 34.5 Å². The Balaban J connectivity index is 2.34. The first-order valence-corrected chi connectivity index (χ1v) is 7.66. The molecule has 0 radical (unpaired) electrons. The van der Waals surface area contributed by atoms with Crippen LogP contribution in [0.1, 0.15) is 19.4 Å². The minimum Gasteiger partial charge on any atom is -0.291 e. The molecule has 0 saturated carbocycles. The number of hydrogen-bond donors (Lipinski definition) is 1. The summed E-state index contributed by atoms with van der Waals surface area (Å²) >= 11 is 7.01. The molecule has 1 aliphatic heterocycles. The third kappa shape index (κ3) is 3.04. The van der Waals surface area contributed by atoms with Crippen LogP contribution in [0, 0.1) is 0 Å². The first-order chi connectivity index (χ1) is 9.45. The van der Waals surface area contributed by atoms with E-state index < -0.39 is 0 Å². The van der Waals surface area contributed by atoms with Crippen LogP contribution in [0.2, 0.25) is 0 Å². The Hall–Kier alpha value is -1.33. The highest BCUT2D eigenvalue weighted by Crippen LogP contribution is 2.41. The van der Waals surface area contributed by atoms with Crippen LogP contribution in [0.3, 0.4) is 0 Å². The number of hydrogen-bond acceptors (Lipinski definition) is 3. The third-order valence-electron chi connectivity index (χ3n) is 3.16. The van der Waals surface area contributed by atoms with Crippen molar-refractivity contribution in [2.45, 2.75) is 24.8 Å². The van der Waals surface area contributed by atoms with Crippen LogP contribution in [-0.2, 0) is 0 Å². The molecule has 0 spiro atoms. The monoisotopic (exact) mass is 307 g/mol. The van der Waals surface area contributed by atoms with Crippen molar-refractivity contribution in [2.75, 3.05) is 6.54 Å². The van der Waals surface area contributed by atoms with Gasteiger partial charge in [0.15, 0.2) is 0 Å². The molecule has 3 nitrogen and oxygen atoms in total. The zero-order valence-electron chi connectivity index (χ0n) is 11.7. The highest BCUT2D eigenvalue weighted by atomic mass is 32.2. The van der Waals surface area contributed by atoms with E-state index in [-0.39, 0.29) is 10.9 Å². The lowest BCUT2D eigenvalue weighted by molar-refractivity contribution is -0.808. The number of nitrogens with zero attached hydrogens (tertiary/aromatic N) is 2. The van der Waals surface area contributed by atoms with E-state index in [1.807, 2.05) is 35.2 Å². The van der Waals surface area contributed by atoms with Crippen LogP contribution >= 0.6 is 24.0 Å². The molecule has 2 rings (SSSR count). The molecular formula is C15H19N2OS2+. The van der Waals surface area contributed by atoms with Gasteiger partial charge in [-0.05, 0) is 30.7 Å². The number of thiocarbonyl (C=S) groups is 1. The topological polar surface area (TPSA) is 26.5 Å². The van der Waals surface area contributed by atoms with E-state index in [1.165, 1.54) is 4.74 Å². The maximum absolute atomic E-state index is 10.5. The highest BCUT2D eigenvalue weighted by molar-refractivity contribution is 8.24. The lowest BCUT2D eigenvalue weighted by Gasteiger charge is -2.24. The van der Waals surface area contributed by atoms with Crippen LogP contribution in [0.4, 0.5) is 0 Å². The second-order valence-corrected chi connectivity index (χ2v) is 7.49. The summed E-state index contributed by atoms with van der Waals surface area (Å²) in [5.74, 6) is 0. The van der Waals surface area contributed by atoms with Crippen molar-refractivity contribution in [1.82, 2.24) is 4.90 Å². The maximum Gasteiger partial charge on any atom is 0.292 e. The fourth-order valence-corrected chi connectivity index (χ4v) is 4.25. The SMILES string of the molecule is C=CCN1C(=S)SC(C)(C)C1[N+](O)=Cc1ccccc1. The molecule has 1 saturated heterocycles. The smallest absolute Gasteiger partial charge is 0.291 e. The van der Waals surface area contributed by atoms with E-state index in [9.17, 15) is 5.21 Å². The van der Waals surface area contributed by atoms with Crippen LogP contribution in [0.25, 0.3) is 0 Å². The Morgan fingerprint density at radius 3 is 2.70 bits per heavy atom. The predicted octanol–water partition coefficient (Wildman–Crippen LogP) is 3.13. The van der Waals surface area contributed by atoms with Gasteiger partial charge >= 0.3 is 0 Å². The van der Waals surface area contributed by atoms with Crippen molar-refractivity contribution in [2.24, 2.45) is 0 Å². The molecule has 1 unspecified atom stereocenters. The predicted molar refractivity (Wildman–Crippen MR) is 88.6 cm³/mol. The van der Waals surface area contributed by atoms with E-state index in [0.717, 1.165) is 9.88 Å². The summed E-state index contributed by atoms with van der Waals surface area (Å²) in [6.45, 7) is 8.55. The van der Waals surface area contributed by atoms with Gasteiger partial charge in [-0.15, -0.1) is 6.58 Å².